The Balaban J connectivity index is 1.25. The van der Waals surface area contributed by atoms with E-state index >= 15 is 0 Å². The standard InChI is InChI=1S/C24H35N3O4/c1-17(2)31-21-10-4-3-8-19(21)26-15-13-25(14-16-26)11-6-12-27-23(29)18-7-5-9-20(28)22(18)24(27)30/h3-4,8,10,17-18,20,22,28H,5-7,9,11-16H2,1-2H3. The normalized spacial score (nSPS) is 27.2. The predicted molar refractivity (Wildman–Crippen MR) is 119 cm³/mol. The van der Waals surface area contributed by atoms with Crippen LogP contribution in [0.25, 0.3) is 0 Å². The lowest BCUT2D eigenvalue weighted by Crippen LogP contribution is -2.47. The van der Waals surface area contributed by atoms with E-state index in [1.165, 1.54) is 4.90 Å². The fourth-order valence-corrected chi connectivity index (χ4v) is 5.23. The lowest BCUT2D eigenvalue weighted by atomic mass is 9.79. The highest BCUT2D eigenvalue weighted by Gasteiger charge is 2.51. The third-order valence-corrected chi connectivity index (χ3v) is 6.79. The number of anilines is 1. The first-order valence-corrected chi connectivity index (χ1v) is 11.7. The Morgan fingerprint density at radius 2 is 1.77 bits per heavy atom. The number of para-hydroxylation sites is 2. The molecule has 31 heavy (non-hydrogen) atoms. The highest BCUT2D eigenvalue weighted by Crippen LogP contribution is 2.38. The molecule has 2 amide bonds. The van der Waals surface area contributed by atoms with Crippen LogP contribution in [-0.4, -0.2) is 78.2 Å². The Morgan fingerprint density at radius 1 is 1.03 bits per heavy atom. The number of nitrogens with zero attached hydrogens (tertiary/aromatic N) is 3. The van der Waals surface area contributed by atoms with E-state index in [0.717, 1.165) is 63.4 Å². The van der Waals surface area contributed by atoms with E-state index in [1.807, 2.05) is 32.0 Å². The molecule has 3 aliphatic rings. The Kier molecular flexibility index (Phi) is 6.82. The second-order valence-corrected chi connectivity index (χ2v) is 9.28. The zero-order valence-corrected chi connectivity index (χ0v) is 18.7. The minimum absolute atomic E-state index is 0.0691. The molecule has 170 valence electrons. The molecule has 2 heterocycles. The maximum Gasteiger partial charge on any atom is 0.235 e. The van der Waals surface area contributed by atoms with Gasteiger partial charge in [-0.3, -0.25) is 19.4 Å². The fourth-order valence-electron chi connectivity index (χ4n) is 5.23. The average Bonchev–Trinajstić information content (AvgIpc) is 3.00. The molecule has 0 bridgehead atoms. The molecular formula is C24H35N3O4. The van der Waals surface area contributed by atoms with Crippen LogP contribution in [0.2, 0.25) is 0 Å². The van der Waals surface area contributed by atoms with Gasteiger partial charge in [0.2, 0.25) is 11.8 Å². The Bertz CT molecular complexity index is 791. The van der Waals surface area contributed by atoms with Gasteiger partial charge < -0.3 is 14.7 Å². The number of likely N-dealkylation sites (tertiary alicyclic amines) is 1. The number of hydrogen-bond donors (Lipinski definition) is 1. The molecule has 1 aromatic rings. The van der Waals surface area contributed by atoms with Crippen LogP contribution in [0.4, 0.5) is 5.69 Å². The Morgan fingerprint density at radius 3 is 2.48 bits per heavy atom. The number of ether oxygens (including phenoxy) is 1. The van der Waals surface area contributed by atoms with Crippen LogP contribution in [0, 0.1) is 11.8 Å². The molecule has 0 radical (unpaired) electrons. The SMILES string of the molecule is CC(C)Oc1ccccc1N1CCN(CCCN2C(=O)C3CCCC(O)C3C2=O)CC1. The van der Waals surface area contributed by atoms with Crippen LogP contribution in [0.5, 0.6) is 5.75 Å². The van der Waals surface area contributed by atoms with Gasteiger partial charge in [0.25, 0.3) is 0 Å². The van der Waals surface area contributed by atoms with Crippen molar-refractivity contribution in [1.29, 1.82) is 0 Å². The van der Waals surface area contributed by atoms with E-state index in [1.54, 1.807) is 0 Å². The van der Waals surface area contributed by atoms with Gasteiger partial charge in [0.15, 0.2) is 0 Å². The van der Waals surface area contributed by atoms with Gasteiger partial charge in [-0.2, -0.15) is 0 Å². The van der Waals surface area contributed by atoms with Crippen molar-refractivity contribution < 1.29 is 19.4 Å². The minimum Gasteiger partial charge on any atom is -0.489 e. The summed E-state index contributed by atoms with van der Waals surface area (Å²) in [4.78, 5) is 31.5. The summed E-state index contributed by atoms with van der Waals surface area (Å²) in [5.74, 6) is -0.0967. The monoisotopic (exact) mass is 429 g/mol. The number of piperazine rings is 1. The highest BCUT2D eigenvalue weighted by molar-refractivity contribution is 6.05. The van der Waals surface area contributed by atoms with Gasteiger partial charge in [-0.1, -0.05) is 18.6 Å². The van der Waals surface area contributed by atoms with E-state index in [2.05, 4.69) is 15.9 Å². The molecule has 1 aromatic carbocycles. The topological polar surface area (TPSA) is 73.3 Å². The molecule has 1 N–H and O–H groups in total. The van der Waals surface area contributed by atoms with Crippen molar-refractivity contribution in [3.05, 3.63) is 24.3 Å². The summed E-state index contributed by atoms with van der Waals surface area (Å²) < 4.78 is 5.97. The summed E-state index contributed by atoms with van der Waals surface area (Å²) >= 11 is 0. The summed E-state index contributed by atoms with van der Waals surface area (Å²) in [5, 5.41) is 10.2. The van der Waals surface area contributed by atoms with Crippen LogP contribution in [0.3, 0.4) is 0 Å². The number of imide groups is 1. The molecule has 1 saturated carbocycles. The first kappa shape index (κ1) is 22.1. The highest BCUT2D eigenvalue weighted by atomic mass is 16.5. The lowest BCUT2D eigenvalue weighted by Gasteiger charge is -2.37. The van der Waals surface area contributed by atoms with Gasteiger partial charge in [0.1, 0.15) is 5.75 Å². The Hall–Kier alpha value is -2.12. The Labute approximate surface area is 184 Å². The molecule has 1 aliphatic carbocycles. The summed E-state index contributed by atoms with van der Waals surface area (Å²) in [5.41, 5.74) is 1.14. The molecule has 3 atom stereocenters. The molecular weight excluding hydrogens is 394 g/mol. The van der Waals surface area contributed by atoms with E-state index in [-0.39, 0.29) is 23.8 Å². The van der Waals surface area contributed by atoms with Gasteiger partial charge in [0.05, 0.1) is 29.7 Å². The molecule has 4 rings (SSSR count). The van der Waals surface area contributed by atoms with Crippen molar-refractivity contribution in [2.24, 2.45) is 11.8 Å². The van der Waals surface area contributed by atoms with Gasteiger partial charge in [-0.15, -0.1) is 0 Å². The minimum atomic E-state index is -0.657. The van der Waals surface area contributed by atoms with Crippen LogP contribution in [-0.2, 0) is 9.59 Å². The number of fused-ring (bicyclic) bond motifs is 1. The van der Waals surface area contributed by atoms with Crippen LogP contribution >= 0.6 is 0 Å². The van der Waals surface area contributed by atoms with Crippen molar-refractivity contribution >= 4 is 17.5 Å². The van der Waals surface area contributed by atoms with Gasteiger partial charge in [-0.25, -0.2) is 0 Å². The van der Waals surface area contributed by atoms with E-state index < -0.39 is 12.0 Å². The van der Waals surface area contributed by atoms with Gasteiger partial charge in [0, 0.05) is 32.7 Å². The second-order valence-electron chi connectivity index (χ2n) is 9.28. The van der Waals surface area contributed by atoms with E-state index in [0.29, 0.717) is 13.0 Å². The van der Waals surface area contributed by atoms with Crippen LogP contribution in [0.1, 0.15) is 39.5 Å². The van der Waals surface area contributed by atoms with Crippen molar-refractivity contribution in [2.45, 2.75) is 51.7 Å². The molecule has 7 heteroatoms. The quantitative estimate of drug-likeness (QED) is 0.670. The number of aliphatic hydroxyl groups excluding tert-OH is 1. The summed E-state index contributed by atoms with van der Waals surface area (Å²) in [6.45, 7) is 9.16. The lowest BCUT2D eigenvalue weighted by molar-refractivity contribution is -0.140. The van der Waals surface area contributed by atoms with Gasteiger partial charge >= 0.3 is 0 Å². The van der Waals surface area contributed by atoms with Crippen LogP contribution < -0.4 is 9.64 Å². The first-order valence-electron chi connectivity index (χ1n) is 11.7. The molecule has 0 aromatic heterocycles. The van der Waals surface area contributed by atoms with Crippen molar-refractivity contribution in [3.8, 4) is 5.75 Å². The fraction of sp³-hybridized carbons (Fsp3) is 0.667. The molecule has 0 spiro atoms. The number of aliphatic hydroxyl groups is 1. The first-order chi connectivity index (χ1) is 15.0. The van der Waals surface area contributed by atoms with Crippen molar-refractivity contribution in [1.82, 2.24) is 9.80 Å². The molecule has 3 fully saturated rings. The average molecular weight is 430 g/mol. The summed E-state index contributed by atoms with van der Waals surface area (Å²) in [6.07, 6.45) is 2.44. The maximum atomic E-state index is 12.7. The number of hydrogen-bond acceptors (Lipinski definition) is 6. The van der Waals surface area contributed by atoms with Crippen molar-refractivity contribution in [3.63, 3.8) is 0 Å². The number of carbonyl (C=O) groups excluding carboxylic acids is 2. The second kappa shape index (κ2) is 9.57. The number of carbonyl (C=O) groups is 2. The zero-order valence-electron chi connectivity index (χ0n) is 18.7. The van der Waals surface area contributed by atoms with E-state index in [4.69, 9.17) is 4.74 Å². The third-order valence-electron chi connectivity index (χ3n) is 6.79. The maximum absolute atomic E-state index is 12.7. The zero-order chi connectivity index (χ0) is 22.0. The van der Waals surface area contributed by atoms with Crippen molar-refractivity contribution in [2.75, 3.05) is 44.2 Å². The smallest absolute Gasteiger partial charge is 0.235 e. The third kappa shape index (κ3) is 4.72. The largest absolute Gasteiger partial charge is 0.489 e. The molecule has 2 saturated heterocycles. The number of rotatable bonds is 7. The van der Waals surface area contributed by atoms with Crippen LogP contribution in [0.15, 0.2) is 24.3 Å². The summed E-state index contributed by atoms with van der Waals surface area (Å²) in [6, 6.07) is 8.20. The number of benzene rings is 1. The predicted octanol–water partition coefficient (Wildman–Crippen LogP) is 2.13. The number of amides is 2. The molecule has 7 nitrogen and oxygen atoms in total. The van der Waals surface area contributed by atoms with E-state index in [9.17, 15) is 14.7 Å². The molecule has 2 aliphatic heterocycles. The summed E-state index contributed by atoms with van der Waals surface area (Å²) in [7, 11) is 0. The van der Waals surface area contributed by atoms with Gasteiger partial charge in [-0.05, 0) is 51.8 Å². The molecule has 3 unspecified atom stereocenters.